The van der Waals surface area contributed by atoms with Crippen LogP contribution in [0.1, 0.15) is 32.3 Å². The summed E-state index contributed by atoms with van der Waals surface area (Å²) in [7, 11) is 2.14. The predicted octanol–water partition coefficient (Wildman–Crippen LogP) is 2.35. The number of nitrogens with zero attached hydrogens (tertiary/aromatic N) is 2. The number of aliphatic hydroxyl groups excluding tert-OH is 1. The van der Waals surface area contributed by atoms with Crippen molar-refractivity contribution in [1.29, 1.82) is 0 Å². The van der Waals surface area contributed by atoms with Crippen molar-refractivity contribution in [2.75, 3.05) is 26.7 Å². The molecule has 0 saturated carbocycles. The Hall–Kier alpha value is -0.930. The van der Waals surface area contributed by atoms with Crippen molar-refractivity contribution in [3.05, 3.63) is 30.1 Å². The third kappa shape index (κ3) is 4.39. The van der Waals surface area contributed by atoms with E-state index in [0.717, 1.165) is 32.4 Å². The summed E-state index contributed by atoms with van der Waals surface area (Å²) in [5.41, 5.74) is 1.38. The van der Waals surface area contributed by atoms with Crippen LogP contribution in [0.5, 0.6) is 0 Å². The van der Waals surface area contributed by atoms with E-state index in [1.165, 1.54) is 5.56 Å². The lowest BCUT2D eigenvalue weighted by Crippen LogP contribution is -2.38. The highest BCUT2D eigenvalue weighted by Crippen LogP contribution is 2.26. The molecule has 0 aromatic carbocycles. The van der Waals surface area contributed by atoms with Crippen molar-refractivity contribution in [3.63, 3.8) is 0 Å². The molecule has 0 aliphatic carbocycles. The molecule has 0 amide bonds. The normalized spacial score (nSPS) is 12.1. The first-order valence-corrected chi connectivity index (χ1v) is 6.84. The number of aromatic nitrogens is 1. The molecule has 1 N–H and O–H groups in total. The number of pyridine rings is 1. The molecule has 3 nitrogen and oxygen atoms in total. The average Bonchev–Trinajstić information content (AvgIpc) is 2.44. The van der Waals surface area contributed by atoms with Crippen molar-refractivity contribution in [3.8, 4) is 0 Å². The van der Waals surface area contributed by atoms with E-state index >= 15 is 0 Å². The number of rotatable bonds is 8. The van der Waals surface area contributed by atoms with E-state index in [0.29, 0.717) is 0 Å². The molecule has 1 aromatic rings. The lowest BCUT2D eigenvalue weighted by molar-refractivity contribution is 0.0759. The minimum atomic E-state index is 0.0625. The highest BCUT2D eigenvalue weighted by molar-refractivity contribution is 5.09. The van der Waals surface area contributed by atoms with Crippen molar-refractivity contribution in [1.82, 2.24) is 9.88 Å². The van der Waals surface area contributed by atoms with Crippen molar-refractivity contribution < 1.29 is 5.11 Å². The first-order valence-electron chi connectivity index (χ1n) is 6.84. The minimum Gasteiger partial charge on any atom is -0.396 e. The molecule has 0 saturated heterocycles. The summed E-state index contributed by atoms with van der Waals surface area (Å²) in [5, 5.41) is 9.58. The van der Waals surface area contributed by atoms with Crippen molar-refractivity contribution in [2.24, 2.45) is 5.41 Å². The molecule has 3 heteroatoms. The van der Waals surface area contributed by atoms with Crippen LogP contribution in [0.25, 0.3) is 0 Å². The summed E-state index contributed by atoms with van der Waals surface area (Å²) < 4.78 is 0. The third-order valence-corrected chi connectivity index (χ3v) is 3.97. The van der Waals surface area contributed by atoms with Gasteiger partial charge in [0.2, 0.25) is 0 Å². The SMILES string of the molecule is CCC(CC)(CO)CN(C)CCc1ccncc1. The van der Waals surface area contributed by atoms with E-state index in [9.17, 15) is 5.11 Å². The van der Waals surface area contributed by atoms with Crippen molar-refractivity contribution in [2.45, 2.75) is 33.1 Å². The molecule has 18 heavy (non-hydrogen) atoms. The van der Waals surface area contributed by atoms with E-state index in [1.807, 2.05) is 12.4 Å². The lowest BCUT2D eigenvalue weighted by Gasteiger charge is -2.34. The first-order chi connectivity index (χ1) is 8.65. The highest BCUT2D eigenvalue weighted by Gasteiger charge is 2.26. The van der Waals surface area contributed by atoms with Crippen LogP contribution in [-0.2, 0) is 6.42 Å². The molecule has 0 bridgehead atoms. The number of likely N-dealkylation sites (N-methyl/N-ethyl adjacent to an activating group) is 1. The Bertz CT molecular complexity index is 314. The van der Waals surface area contributed by atoms with Gasteiger partial charge in [-0.3, -0.25) is 4.98 Å². The van der Waals surface area contributed by atoms with E-state index in [-0.39, 0.29) is 12.0 Å². The zero-order valence-corrected chi connectivity index (χ0v) is 11.9. The van der Waals surface area contributed by atoms with E-state index in [1.54, 1.807) is 0 Å². The zero-order valence-electron chi connectivity index (χ0n) is 11.9. The summed E-state index contributed by atoms with van der Waals surface area (Å²) in [5.74, 6) is 0. The molecule has 0 unspecified atom stereocenters. The standard InChI is InChI=1S/C15H26N2O/c1-4-15(5-2,13-18)12-17(3)11-8-14-6-9-16-10-7-14/h6-7,9-10,18H,4-5,8,11-13H2,1-3H3. The fourth-order valence-electron chi connectivity index (χ4n) is 2.27. The molecule has 102 valence electrons. The van der Waals surface area contributed by atoms with Crippen LogP contribution in [0.3, 0.4) is 0 Å². The number of hydrogen-bond donors (Lipinski definition) is 1. The van der Waals surface area contributed by atoms with Gasteiger partial charge in [-0.2, -0.15) is 0 Å². The highest BCUT2D eigenvalue weighted by atomic mass is 16.3. The van der Waals surface area contributed by atoms with Crippen LogP contribution >= 0.6 is 0 Å². The Balaban J connectivity index is 2.43. The summed E-state index contributed by atoms with van der Waals surface area (Å²) >= 11 is 0. The van der Waals surface area contributed by atoms with E-state index in [4.69, 9.17) is 0 Å². The molecule has 0 fully saturated rings. The Kier molecular flexibility index (Phi) is 6.30. The molecule has 1 heterocycles. The Morgan fingerprint density at radius 1 is 1.22 bits per heavy atom. The largest absolute Gasteiger partial charge is 0.396 e. The molecule has 0 aliphatic rings. The van der Waals surface area contributed by atoms with Gasteiger partial charge < -0.3 is 10.0 Å². The average molecular weight is 250 g/mol. The van der Waals surface area contributed by atoms with Gasteiger partial charge in [-0.1, -0.05) is 13.8 Å². The molecule has 0 atom stereocenters. The van der Waals surface area contributed by atoms with Crippen LogP contribution in [0.15, 0.2) is 24.5 Å². The van der Waals surface area contributed by atoms with Crippen molar-refractivity contribution >= 4 is 0 Å². The smallest absolute Gasteiger partial charge is 0.0499 e. The fourth-order valence-corrected chi connectivity index (χ4v) is 2.27. The Labute approximate surface area is 111 Å². The van der Waals surface area contributed by atoms with Crippen LogP contribution < -0.4 is 0 Å². The maximum atomic E-state index is 9.58. The second-order valence-corrected chi connectivity index (χ2v) is 5.21. The van der Waals surface area contributed by atoms with Crippen LogP contribution in [0.4, 0.5) is 0 Å². The summed E-state index contributed by atoms with van der Waals surface area (Å²) in [6, 6.07) is 4.12. The maximum absolute atomic E-state index is 9.58. The molecule has 0 spiro atoms. The van der Waals surface area contributed by atoms with Gasteiger partial charge in [-0.25, -0.2) is 0 Å². The Morgan fingerprint density at radius 2 is 1.83 bits per heavy atom. The molecule has 1 aromatic heterocycles. The van der Waals surface area contributed by atoms with E-state index in [2.05, 4.69) is 42.9 Å². The minimum absolute atomic E-state index is 0.0625. The van der Waals surface area contributed by atoms with Gasteiger partial charge in [0.15, 0.2) is 0 Å². The van der Waals surface area contributed by atoms with Gasteiger partial charge in [0.25, 0.3) is 0 Å². The van der Waals surface area contributed by atoms with Crippen LogP contribution in [-0.4, -0.2) is 41.7 Å². The number of hydrogen-bond acceptors (Lipinski definition) is 3. The van der Waals surface area contributed by atoms with Gasteiger partial charge in [0, 0.05) is 37.5 Å². The van der Waals surface area contributed by atoms with Gasteiger partial charge in [-0.05, 0) is 44.0 Å². The second kappa shape index (κ2) is 7.49. The van der Waals surface area contributed by atoms with Crippen LogP contribution in [0, 0.1) is 5.41 Å². The zero-order chi connectivity index (χ0) is 13.4. The quantitative estimate of drug-likeness (QED) is 0.769. The Morgan fingerprint density at radius 3 is 2.33 bits per heavy atom. The summed E-state index contributed by atoms with van der Waals surface area (Å²) in [4.78, 5) is 6.35. The van der Waals surface area contributed by atoms with Crippen LogP contribution in [0.2, 0.25) is 0 Å². The third-order valence-electron chi connectivity index (χ3n) is 3.97. The van der Waals surface area contributed by atoms with Gasteiger partial charge in [0.05, 0.1) is 0 Å². The molecule has 0 radical (unpaired) electrons. The topological polar surface area (TPSA) is 36.4 Å². The first kappa shape index (κ1) is 15.1. The fraction of sp³-hybridized carbons (Fsp3) is 0.667. The predicted molar refractivity (Wildman–Crippen MR) is 75.5 cm³/mol. The number of aliphatic hydroxyl groups is 1. The van der Waals surface area contributed by atoms with Gasteiger partial charge >= 0.3 is 0 Å². The molecular weight excluding hydrogens is 224 g/mol. The molecule has 0 aliphatic heterocycles. The second-order valence-electron chi connectivity index (χ2n) is 5.21. The van der Waals surface area contributed by atoms with Gasteiger partial charge in [-0.15, -0.1) is 0 Å². The van der Waals surface area contributed by atoms with E-state index < -0.39 is 0 Å². The summed E-state index contributed by atoms with van der Waals surface area (Å²) in [6.45, 7) is 6.58. The molecule has 1 rings (SSSR count). The molecular formula is C15H26N2O. The van der Waals surface area contributed by atoms with Gasteiger partial charge in [0.1, 0.15) is 0 Å². The maximum Gasteiger partial charge on any atom is 0.0499 e. The lowest BCUT2D eigenvalue weighted by atomic mass is 9.83. The monoisotopic (exact) mass is 250 g/mol. The summed E-state index contributed by atoms with van der Waals surface area (Å²) in [6.07, 6.45) is 6.77.